The molecule has 0 spiro atoms. The summed E-state index contributed by atoms with van der Waals surface area (Å²) >= 11 is 0. The molecule has 1 aromatic carbocycles. The van der Waals surface area contributed by atoms with Gasteiger partial charge < -0.3 is 4.74 Å². The second kappa shape index (κ2) is 14.8. The Hall–Kier alpha value is -2.34. The number of ether oxygens (including phenoxy) is 1. The van der Waals surface area contributed by atoms with E-state index in [0.29, 0.717) is 5.92 Å². The summed E-state index contributed by atoms with van der Waals surface area (Å²) in [7, 11) is 0. The number of nitrogens with zero attached hydrogens (tertiary/aromatic N) is 1. The molecule has 2 saturated carbocycles. The van der Waals surface area contributed by atoms with Crippen molar-refractivity contribution in [2.24, 2.45) is 11.8 Å². The van der Waals surface area contributed by atoms with Crippen molar-refractivity contribution in [2.45, 2.75) is 109 Å². The van der Waals surface area contributed by atoms with Crippen LogP contribution in [0, 0.1) is 23.2 Å². The third kappa shape index (κ3) is 8.79. The molecule has 3 rings (SSSR count). The minimum atomic E-state index is 0.0559. The number of esters is 1. The average Bonchev–Trinajstić information content (AvgIpc) is 2.88. The van der Waals surface area contributed by atoms with Gasteiger partial charge in [-0.05, 0) is 100 Å². The monoisotopic (exact) mass is 461 g/mol. The van der Waals surface area contributed by atoms with Gasteiger partial charge in [-0.2, -0.15) is 5.26 Å². The van der Waals surface area contributed by atoms with E-state index in [0.717, 1.165) is 63.7 Å². The first-order valence-electron chi connectivity index (χ1n) is 13.7. The lowest BCUT2D eigenvalue weighted by atomic mass is 9.78. The lowest BCUT2D eigenvalue weighted by Crippen LogP contribution is -2.29. The van der Waals surface area contributed by atoms with Gasteiger partial charge in [-0.3, -0.25) is 4.79 Å². The van der Waals surface area contributed by atoms with Crippen LogP contribution in [0.3, 0.4) is 0 Å². The number of allylic oxidation sites excluding steroid dienone is 4. The summed E-state index contributed by atoms with van der Waals surface area (Å²) < 4.78 is 5.96. The van der Waals surface area contributed by atoms with E-state index in [9.17, 15) is 4.79 Å². The molecule has 0 saturated heterocycles. The highest BCUT2D eigenvalue weighted by Crippen LogP contribution is 2.37. The fourth-order valence-corrected chi connectivity index (χ4v) is 5.60. The first-order chi connectivity index (χ1) is 16.7. The maximum atomic E-state index is 12.8. The third-order valence-electron chi connectivity index (χ3n) is 7.82. The van der Waals surface area contributed by atoms with Gasteiger partial charge in [0.15, 0.2) is 0 Å². The van der Waals surface area contributed by atoms with Gasteiger partial charge in [-0.1, -0.05) is 62.3 Å². The van der Waals surface area contributed by atoms with Crippen LogP contribution in [0.4, 0.5) is 0 Å². The minimum Gasteiger partial charge on any atom is -0.462 e. The van der Waals surface area contributed by atoms with Crippen molar-refractivity contribution < 1.29 is 9.53 Å². The predicted octanol–water partition coefficient (Wildman–Crippen LogP) is 8.21. The van der Waals surface area contributed by atoms with E-state index in [1.807, 2.05) is 12.1 Å². The SMILES string of the molecule is CCCCCc1ccc([C@H]2CC[C@H](C(=O)OC3CCC(CC/C=C/C=CC#N)CC3)CC2)cc1. The van der Waals surface area contributed by atoms with Crippen LogP contribution in [-0.2, 0) is 16.0 Å². The Morgan fingerprint density at radius 3 is 2.41 bits per heavy atom. The summed E-state index contributed by atoms with van der Waals surface area (Å²) in [6.45, 7) is 2.25. The summed E-state index contributed by atoms with van der Waals surface area (Å²) in [5, 5.41) is 8.49. The quantitative estimate of drug-likeness (QED) is 0.144. The Labute approximate surface area is 207 Å². The van der Waals surface area contributed by atoms with Crippen molar-refractivity contribution in [1.29, 1.82) is 5.26 Å². The number of nitriles is 1. The third-order valence-corrected chi connectivity index (χ3v) is 7.82. The number of rotatable bonds is 11. The van der Waals surface area contributed by atoms with Gasteiger partial charge in [0.25, 0.3) is 0 Å². The molecule has 0 bridgehead atoms. The topological polar surface area (TPSA) is 50.1 Å². The van der Waals surface area contributed by atoms with Crippen molar-refractivity contribution in [1.82, 2.24) is 0 Å². The van der Waals surface area contributed by atoms with E-state index in [1.54, 1.807) is 6.08 Å². The van der Waals surface area contributed by atoms with Crippen molar-refractivity contribution in [3.05, 3.63) is 59.7 Å². The number of benzene rings is 1. The fourth-order valence-electron chi connectivity index (χ4n) is 5.60. The molecule has 1 aromatic rings. The van der Waals surface area contributed by atoms with E-state index in [-0.39, 0.29) is 18.0 Å². The first kappa shape index (κ1) is 26.3. The lowest BCUT2D eigenvalue weighted by Gasteiger charge is -2.31. The molecule has 0 unspecified atom stereocenters. The van der Waals surface area contributed by atoms with Crippen LogP contribution < -0.4 is 0 Å². The molecule has 0 heterocycles. The molecule has 3 heteroatoms. The van der Waals surface area contributed by atoms with Crippen LogP contribution in [0.25, 0.3) is 0 Å². The zero-order valence-electron chi connectivity index (χ0n) is 21.1. The number of unbranched alkanes of at least 4 members (excludes halogenated alkanes) is 2. The van der Waals surface area contributed by atoms with Gasteiger partial charge in [0.2, 0.25) is 0 Å². The number of hydrogen-bond donors (Lipinski definition) is 0. The first-order valence-corrected chi connectivity index (χ1v) is 13.7. The summed E-state index contributed by atoms with van der Waals surface area (Å²) in [6, 6.07) is 11.3. The molecule has 2 aliphatic rings. The highest BCUT2D eigenvalue weighted by atomic mass is 16.5. The molecule has 0 aromatic heterocycles. The maximum Gasteiger partial charge on any atom is 0.309 e. The normalized spacial score (nSPS) is 25.4. The van der Waals surface area contributed by atoms with E-state index in [1.165, 1.54) is 49.3 Å². The molecule has 2 fully saturated rings. The maximum absolute atomic E-state index is 12.8. The van der Waals surface area contributed by atoms with Crippen LogP contribution in [0.1, 0.15) is 107 Å². The molecular weight excluding hydrogens is 418 g/mol. The van der Waals surface area contributed by atoms with Crippen LogP contribution in [0.5, 0.6) is 0 Å². The van der Waals surface area contributed by atoms with Gasteiger partial charge >= 0.3 is 5.97 Å². The van der Waals surface area contributed by atoms with Crippen molar-refractivity contribution in [3.8, 4) is 6.07 Å². The molecule has 0 amide bonds. The van der Waals surface area contributed by atoms with Crippen LogP contribution >= 0.6 is 0 Å². The summed E-state index contributed by atoms with van der Waals surface area (Å²) in [6.07, 6.45) is 23.2. The van der Waals surface area contributed by atoms with E-state index in [4.69, 9.17) is 10.00 Å². The fraction of sp³-hybridized carbons (Fsp3) is 0.613. The van der Waals surface area contributed by atoms with Gasteiger partial charge in [-0.15, -0.1) is 0 Å². The number of carbonyl (C=O) groups is 1. The summed E-state index contributed by atoms with van der Waals surface area (Å²) in [4.78, 5) is 12.8. The summed E-state index contributed by atoms with van der Waals surface area (Å²) in [5.41, 5.74) is 2.90. The Morgan fingerprint density at radius 2 is 1.74 bits per heavy atom. The number of hydrogen-bond acceptors (Lipinski definition) is 3. The van der Waals surface area contributed by atoms with E-state index in [2.05, 4.69) is 37.3 Å². The van der Waals surface area contributed by atoms with Gasteiger partial charge in [0.1, 0.15) is 6.10 Å². The number of aryl methyl sites for hydroxylation is 1. The lowest BCUT2D eigenvalue weighted by molar-refractivity contribution is -0.157. The molecule has 3 nitrogen and oxygen atoms in total. The van der Waals surface area contributed by atoms with E-state index < -0.39 is 0 Å². The molecule has 0 atom stereocenters. The highest BCUT2D eigenvalue weighted by molar-refractivity contribution is 5.72. The zero-order valence-corrected chi connectivity index (χ0v) is 21.1. The van der Waals surface area contributed by atoms with Gasteiger partial charge in [0.05, 0.1) is 12.0 Å². The molecule has 0 radical (unpaired) electrons. The second-order valence-electron chi connectivity index (χ2n) is 10.3. The Bertz CT molecular complexity index is 816. The molecule has 184 valence electrons. The smallest absolute Gasteiger partial charge is 0.309 e. The Kier molecular flexibility index (Phi) is 11.5. The van der Waals surface area contributed by atoms with Crippen molar-refractivity contribution in [3.63, 3.8) is 0 Å². The minimum absolute atomic E-state index is 0.0559. The van der Waals surface area contributed by atoms with E-state index >= 15 is 0 Å². The number of carbonyl (C=O) groups excluding carboxylic acids is 1. The van der Waals surface area contributed by atoms with Crippen LogP contribution in [0.15, 0.2) is 48.6 Å². The molecule has 34 heavy (non-hydrogen) atoms. The molecule has 2 aliphatic carbocycles. The molecular formula is C31H43NO2. The Balaban J connectivity index is 1.32. The van der Waals surface area contributed by atoms with Gasteiger partial charge in [-0.25, -0.2) is 0 Å². The van der Waals surface area contributed by atoms with Crippen molar-refractivity contribution >= 4 is 5.97 Å². The van der Waals surface area contributed by atoms with Crippen LogP contribution in [-0.4, -0.2) is 12.1 Å². The highest BCUT2D eigenvalue weighted by Gasteiger charge is 2.31. The van der Waals surface area contributed by atoms with Gasteiger partial charge in [0, 0.05) is 6.08 Å². The summed E-state index contributed by atoms with van der Waals surface area (Å²) in [5.74, 6) is 1.47. The predicted molar refractivity (Wildman–Crippen MR) is 139 cm³/mol. The Morgan fingerprint density at radius 1 is 1.00 bits per heavy atom. The second-order valence-corrected chi connectivity index (χ2v) is 10.3. The molecule has 0 aliphatic heterocycles. The van der Waals surface area contributed by atoms with Crippen molar-refractivity contribution in [2.75, 3.05) is 0 Å². The standard InChI is InChI=1S/C31H43NO2/c1-2-3-7-10-25-12-16-27(17-13-25)28-18-20-29(21-19-28)31(33)34-30-22-14-26(15-23-30)11-8-5-4-6-9-24-32/h4-6,9,12-13,16-17,26,28-30H,2-3,7-8,10-11,14-15,18-23H2,1H3/b5-4+,9-6?/t26?,28-,29-,30?. The molecule has 0 N–H and O–H groups in total. The zero-order chi connectivity index (χ0) is 24.0. The largest absolute Gasteiger partial charge is 0.462 e. The van der Waals surface area contributed by atoms with Crippen LogP contribution in [0.2, 0.25) is 0 Å². The average molecular weight is 462 g/mol.